The second kappa shape index (κ2) is 10.8. The Morgan fingerprint density at radius 3 is 1.97 bits per heavy atom. The number of hydrogen-bond acceptors (Lipinski definition) is 5. The zero-order valence-electron chi connectivity index (χ0n) is 22.5. The number of pyridine rings is 1. The van der Waals surface area contributed by atoms with Crippen LogP contribution in [0.2, 0.25) is 10.1 Å². The van der Waals surface area contributed by atoms with Gasteiger partial charge in [0.15, 0.2) is 0 Å². The summed E-state index contributed by atoms with van der Waals surface area (Å²) in [7, 11) is -2.77. The van der Waals surface area contributed by atoms with Gasteiger partial charge in [0.05, 0.1) is 30.5 Å². The Kier molecular flexibility index (Phi) is 8.27. The molecule has 2 heterocycles. The van der Waals surface area contributed by atoms with Gasteiger partial charge in [-0.15, -0.1) is 4.72 Å². The van der Waals surface area contributed by atoms with Gasteiger partial charge >= 0.3 is 0 Å². The first-order valence-electron chi connectivity index (χ1n) is 12.6. The number of benzene rings is 2. The van der Waals surface area contributed by atoms with Gasteiger partial charge < -0.3 is 13.7 Å². The average Bonchev–Trinajstić information content (AvgIpc) is 2.82. The van der Waals surface area contributed by atoms with Crippen molar-refractivity contribution in [1.82, 2.24) is 9.71 Å². The van der Waals surface area contributed by atoms with Crippen LogP contribution in [0.3, 0.4) is 0 Å². The minimum absolute atomic E-state index is 0.161. The molecule has 0 aliphatic carbocycles. The second-order valence-electron chi connectivity index (χ2n) is 11.7. The van der Waals surface area contributed by atoms with Crippen LogP contribution in [0, 0.1) is 0 Å². The molecule has 3 aromatic rings. The van der Waals surface area contributed by atoms with Crippen molar-refractivity contribution in [3.8, 4) is 0 Å². The molecular formula is C29H37ClN2O3SSi. The van der Waals surface area contributed by atoms with E-state index in [2.05, 4.69) is 74.0 Å². The lowest BCUT2D eigenvalue weighted by Gasteiger charge is -2.45. The summed E-state index contributed by atoms with van der Waals surface area (Å²) in [4.78, 5) is 4.74. The van der Waals surface area contributed by atoms with Crippen molar-refractivity contribution in [2.75, 3.05) is 13.2 Å². The molecule has 1 N–H and O–H groups in total. The third-order valence-corrected chi connectivity index (χ3v) is 13.7. The highest BCUT2D eigenvalue weighted by Gasteiger charge is 2.52. The lowest BCUT2D eigenvalue weighted by molar-refractivity contribution is -0.0675. The molecule has 0 saturated carbocycles. The number of nitrogens with zero attached hydrogens (tertiary/aromatic N) is 1. The molecule has 0 radical (unpaired) electrons. The molecular weight excluding hydrogens is 520 g/mol. The summed E-state index contributed by atoms with van der Waals surface area (Å²) in [5.41, 5.74) is 1.01. The molecule has 5 nitrogen and oxygen atoms in total. The standard InChI is InChI=1S/C29H37ClN2O3SSi/c1-27(2,3)36(33)32-29(20-34-21-29)25-17-22(30)18-31-26(25)19-35-37(28(4,5)6,23-13-9-7-10-14-23)24-15-11-8-12-16-24/h7-18,32H,19-21H2,1-6H3. The summed E-state index contributed by atoms with van der Waals surface area (Å²) < 4.78 is 28.8. The Hall–Kier alpha value is -1.71. The molecule has 1 unspecified atom stereocenters. The minimum Gasteiger partial charge on any atom is -0.598 e. The molecule has 0 bridgehead atoms. The van der Waals surface area contributed by atoms with E-state index >= 15 is 0 Å². The van der Waals surface area contributed by atoms with Crippen LogP contribution in [-0.4, -0.2) is 35.8 Å². The number of ether oxygens (including phenoxy) is 1. The predicted octanol–water partition coefficient (Wildman–Crippen LogP) is 5.09. The highest BCUT2D eigenvalue weighted by Crippen LogP contribution is 2.39. The number of nitrogens with one attached hydrogen (secondary N) is 1. The Morgan fingerprint density at radius 1 is 1.00 bits per heavy atom. The van der Waals surface area contributed by atoms with Crippen LogP contribution in [-0.2, 0) is 32.7 Å². The molecule has 0 spiro atoms. The van der Waals surface area contributed by atoms with E-state index < -0.39 is 30.0 Å². The lowest BCUT2D eigenvalue weighted by Crippen LogP contribution is -2.66. The molecule has 1 aliphatic rings. The van der Waals surface area contributed by atoms with Crippen LogP contribution in [0.1, 0.15) is 52.8 Å². The summed E-state index contributed by atoms with van der Waals surface area (Å²) in [5, 5.41) is 2.78. The Morgan fingerprint density at radius 2 is 1.54 bits per heavy atom. The fourth-order valence-electron chi connectivity index (χ4n) is 4.84. The predicted molar refractivity (Wildman–Crippen MR) is 155 cm³/mol. The number of halogens is 1. The van der Waals surface area contributed by atoms with Gasteiger partial charge in [0.25, 0.3) is 8.32 Å². The van der Waals surface area contributed by atoms with E-state index in [1.54, 1.807) is 6.20 Å². The van der Waals surface area contributed by atoms with Gasteiger partial charge in [0, 0.05) is 23.1 Å². The van der Waals surface area contributed by atoms with Crippen molar-refractivity contribution in [3.05, 3.63) is 89.2 Å². The van der Waals surface area contributed by atoms with Crippen molar-refractivity contribution in [1.29, 1.82) is 0 Å². The largest absolute Gasteiger partial charge is 0.598 e. The van der Waals surface area contributed by atoms with Crippen molar-refractivity contribution < 1.29 is 13.7 Å². The van der Waals surface area contributed by atoms with E-state index in [1.165, 1.54) is 10.4 Å². The molecule has 1 aromatic heterocycles. The zero-order chi connectivity index (χ0) is 26.9. The summed E-state index contributed by atoms with van der Waals surface area (Å²) in [6.45, 7) is 13.7. The molecule has 1 atom stereocenters. The normalized spacial score (nSPS) is 16.8. The van der Waals surface area contributed by atoms with Crippen LogP contribution in [0.25, 0.3) is 0 Å². The summed E-state index contributed by atoms with van der Waals surface area (Å²) >= 11 is 5.15. The lowest BCUT2D eigenvalue weighted by atomic mass is 9.88. The van der Waals surface area contributed by atoms with E-state index in [0.717, 1.165) is 11.3 Å². The summed E-state index contributed by atoms with van der Waals surface area (Å²) in [6, 6.07) is 23.0. The van der Waals surface area contributed by atoms with E-state index in [9.17, 15) is 4.55 Å². The quantitative estimate of drug-likeness (QED) is 0.309. The van der Waals surface area contributed by atoms with Crippen LogP contribution in [0.15, 0.2) is 72.9 Å². The zero-order valence-corrected chi connectivity index (χ0v) is 25.1. The first-order valence-corrected chi connectivity index (χ1v) is 16.0. The van der Waals surface area contributed by atoms with E-state index in [1.807, 2.05) is 39.0 Å². The first kappa shape index (κ1) is 28.3. The Balaban J connectivity index is 1.78. The average molecular weight is 557 g/mol. The van der Waals surface area contributed by atoms with E-state index in [0.29, 0.717) is 24.8 Å². The topological polar surface area (TPSA) is 66.4 Å². The molecule has 1 fully saturated rings. The first-order chi connectivity index (χ1) is 17.4. The Labute approximate surface area is 230 Å². The highest BCUT2D eigenvalue weighted by atomic mass is 35.5. The van der Waals surface area contributed by atoms with Crippen molar-refractivity contribution >= 4 is 41.7 Å². The molecule has 1 aliphatic heterocycles. The van der Waals surface area contributed by atoms with E-state index in [4.69, 9.17) is 25.7 Å². The van der Waals surface area contributed by atoms with Crippen molar-refractivity contribution in [2.24, 2.45) is 0 Å². The third-order valence-electron chi connectivity index (χ3n) is 6.84. The van der Waals surface area contributed by atoms with Gasteiger partial charge in [-0.25, -0.2) is 0 Å². The van der Waals surface area contributed by atoms with Gasteiger partial charge in [-0.05, 0) is 42.2 Å². The van der Waals surface area contributed by atoms with Gasteiger partial charge in [0.2, 0.25) is 0 Å². The molecule has 198 valence electrons. The minimum atomic E-state index is -2.77. The second-order valence-corrected chi connectivity index (χ2v) is 18.4. The third kappa shape index (κ3) is 5.69. The summed E-state index contributed by atoms with van der Waals surface area (Å²) in [6.07, 6.45) is 1.66. The highest BCUT2D eigenvalue weighted by molar-refractivity contribution is 7.90. The van der Waals surface area contributed by atoms with E-state index in [-0.39, 0.29) is 5.04 Å². The summed E-state index contributed by atoms with van der Waals surface area (Å²) in [5.74, 6) is 0. The molecule has 8 heteroatoms. The molecule has 1 saturated heterocycles. The van der Waals surface area contributed by atoms with Crippen molar-refractivity contribution in [2.45, 2.75) is 63.5 Å². The Bertz CT molecular complexity index is 1160. The number of hydrogen-bond donors (Lipinski definition) is 1. The molecule has 4 rings (SSSR count). The van der Waals surface area contributed by atoms with Gasteiger partial charge in [0.1, 0.15) is 10.3 Å². The van der Waals surface area contributed by atoms with Gasteiger partial charge in [-0.3, -0.25) is 4.98 Å². The number of rotatable bonds is 8. The smallest absolute Gasteiger partial charge is 0.261 e. The molecule has 2 aromatic carbocycles. The molecule has 0 amide bonds. The van der Waals surface area contributed by atoms with Crippen LogP contribution in [0.4, 0.5) is 0 Å². The maximum Gasteiger partial charge on any atom is 0.261 e. The fourth-order valence-corrected chi connectivity index (χ4v) is 10.4. The van der Waals surface area contributed by atoms with Gasteiger partial charge in [-0.2, -0.15) is 0 Å². The van der Waals surface area contributed by atoms with Gasteiger partial charge in [-0.1, -0.05) is 93.0 Å². The van der Waals surface area contributed by atoms with Crippen molar-refractivity contribution in [3.63, 3.8) is 0 Å². The molecule has 37 heavy (non-hydrogen) atoms. The van der Waals surface area contributed by atoms with Crippen LogP contribution < -0.4 is 15.1 Å². The monoisotopic (exact) mass is 556 g/mol. The van der Waals surface area contributed by atoms with Crippen LogP contribution >= 0.6 is 11.6 Å². The SMILES string of the molecule is CC(C)(C)[S+]([O-])NC1(c2cc(Cl)cnc2CO[Si](c2ccccc2)(c2ccccc2)C(C)(C)C)COC1. The maximum atomic E-state index is 13.1. The fraction of sp³-hybridized carbons (Fsp3) is 0.414. The van der Waals surface area contributed by atoms with Crippen LogP contribution in [0.5, 0.6) is 0 Å². The number of aromatic nitrogens is 1. The maximum absolute atomic E-state index is 13.1.